The Hall–Kier alpha value is -2.00. The molecule has 0 aliphatic carbocycles. The second kappa shape index (κ2) is 6.84. The summed E-state index contributed by atoms with van der Waals surface area (Å²) in [5.74, 6) is 1.55. The third-order valence-corrected chi connectivity index (χ3v) is 4.21. The highest BCUT2D eigenvalue weighted by Crippen LogP contribution is 2.43. The molecule has 0 saturated heterocycles. The summed E-state index contributed by atoms with van der Waals surface area (Å²) in [6, 6.07) is 12.8. The van der Waals surface area contributed by atoms with Gasteiger partial charge in [-0.25, -0.2) is 0 Å². The van der Waals surface area contributed by atoms with Crippen LogP contribution in [0, 0.1) is 6.92 Å². The maximum atomic E-state index is 5.66. The first kappa shape index (κ1) is 16.4. The number of rotatable bonds is 5. The van der Waals surface area contributed by atoms with Crippen LogP contribution in [0.1, 0.15) is 24.1 Å². The third kappa shape index (κ3) is 2.95. The molecule has 2 aromatic rings. The van der Waals surface area contributed by atoms with Gasteiger partial charge in [0.05, 0.1) is 14.2 Å². The van der Waals surface area contributed by atoms with E-state index in [1.165, 1.54) is 16.7 Å². The molecule has 118 valence electrons. The van der Waals surface area contributed by atoms with Gasteiger partial charge >= 0.3 is 0 Å². The zero-order valence-corrected chi connectivity index (χ0v) is 14.3. The molecule has 0 aromatic heterocycles. The van der Waals surface area contributed by atoms with Crippen molar-refractivity contribution in [1.29, 1.82) is 0 Å². The van der Waals surface area contributed by atoms with E-state index in [-0.39, 0.29) is 0 Å². The summed E-state index contributed by atoms with van der Waals surface area (Å²) in [6.07, 6.45) is 0. The highest BCUT2D eigenvalue weighted by molar-refractivity contribution is 5.79. The van der Waals surface area contributed by atoms with E-state index >= 15 is 0 Å². The fraction of sp³-hybridized carbons (Fsp3) is 0.368. The highest BCUT2D eigenvalue weighted by Gasteiger charge is 2.20. The molecule has 2 aromatic carbocycles. The number of hydrogen-bond acceptors (Lipinski definition) is 3. The minimum atomic E-state index is 0.312. The number of benzene rings is 2. The Morgan fingerprint density at radius 1 is 0.955 bits per heavy atom. The van der Waals surface area contributed by atoms with Gasteiger partial charge in [-0.15, -0.1) is 0 Å². The van der Waals surface area contributed by atoms with E-state index in [1.807, 2.05) is 6.07 Å². The maximum absolute atomic E-state index is 5.66. The lowest BCUT2D eigenvalue weighted by molar-refractivity contribution is 0.321. The summed E-state index contributed by atoms with van der Waals surface area (Å²) in [4.78, 5) is 2.21. The second-order valence-electron chi connectivity index (χ2n) is 5.72. The topological polar surface area (TPSA) is 21.7 Å². The molecule has 22 heavy (non-hydrogen) atoms. The van der Waals surface area contributed by atoms with Crippen molar-refractivity contribution >= 4 is 0 Å². The zero-order valence-electron chi connectivity index (χ0n) is 14.3. The summed E-state index contributed by atoms with van der Waals surface area (Å²) < 4.78 is 11.1. The number of hydrogen-bond donors (Lipinski definition) is 0. The van der Waals surface area contributed by atoms with Gasteiger partial charge in [0.15, 0.2) is 11.5 Å². The Morgan fingerprint density at radius 3 is 2.23 bits per heavy atom. The molecule has 0 bridgehead atoms. The van der Waals surface area contributed by atoms with Crippen molar-refractivity contribution in [3.8, 4) is 22.6 Å². The first-order valence-electron chi connectivity index (χ1n) is 7.48. The Labute approximate surface area is 133 Å². The lowest BCUT2D eigenvalue weighted by Gasteiger charge is -2.25. The molecule has 0 spiro atoms. The summed E-state index contributed by atoms with van der Waals surface area (Å²) in [5.41, 5.74) is 4.75. The molecule has 0 radical (unpaired) electrons. The van der Waals surface area contributed by atoms with Crippen LogP contribution in [0.4, 0.5) is 0 Å². The zero-order chi connectivity index (χ0) is 16.3. The molecular formula is C19H25NO2. The van der Waals surface area contributed by atoms with Crippen LogP contribution in [0.25, 0.3) is 11.1 Å². The van der Waals surface area contributed by atoms with Crippen LogP contribution in [0.3, 0.4) is 0 Å². The summed E-state index contributed by atoms with van der Waals surface area (Å²) in [5, 5.41) is 0. The van der Waals surface area contributed by atoms with Gasteiger partial charge in [-0.05, 0) is 50.7 Å². The van der Waals surface area contributed by atoms with E-state index in [1.54, 1.807) is 14.2 Å². The smallest absolute Gasteiger partial charge is 0.168 e. The minimum Gasteiger partial charge on any atom is -0.493 e. The number of ether oxygens (including phenoxy) is 2. The van der Waals surface area contributed by atoms with Gasteiger partial charge in [-0.3, -0.25) is 0 Å². The van der Waals surface area contributed by atoms with Crippen molar-refractivity contribution in [3.63, 3.8) is 0 Å². The van der Waals surface area contributed by atoms with E-state index in [0.29, 0.717) is 6.04 Å². The Balaban J connectivity index is 2.72. The van der Waals surface area contributed by atoms with Crippen LogP contribution in [-0.2, 0) is 0 Å². The van der Waals surface area contributed by atoms with Gasteiger partial charge in [0, 0.05) is 11.6 Å². The lowest BCUT2D eigenvalue weighted by atomic mass is 9.91. The van der Waals surface area contributed by atoms with Crippen LogP contribution in [-0.4, -0.2) is 33.2 Å². The largest absolute Gasteiger partial charge is 0.493 e. The van der Waals surface area contributed by atoms with Gasteiger partial charge in [0.2, 0.25) is 0 Å². The number of aryl methyl sites for hydroxylation is 1. The first-order chi connectivity index (χ1) is 10.5. The van der Waals surface area contributed by atoms with Crippen molar-refractivity contribution in [1.82, 2.24) is 4.90 Å². The van der Waals surface area contributed by atoms with Crippen molar-refractivity contribution in [3.05, 3.63) is 47.5 Å². The molecule has 0 fully saturated rings. The predicted molar refractivity (Wildman–Crippen MR) is 91.8 cm³/mol. The van der Waals surface area contributed by atoms with E-state index in [9.17, 15) is 0 Å². The summed E-state index contributed by atoms with van der Waals surface area (Å²) >= 11 is 0. The van der Waals surface area contributed by atoms with Crippen LogP contribution < -0.4 is 9.47 Å². The standard InChI is InChI=1S/C19H25NO2/c1-13-11-12-17(21-5)19(22-6)18(13)16-10-8-7-9-15(16)14(2)20(3)4/h7-12,14H,1-6H3. The van der Waals surface area contributed by atoms with Gasteiger partial charge in [0.25, 0.3) is 0 Å². The Bertz CT molecular complexity index is 650. The van der Waals surface area contributed by atoms with Gasteiger partial charge < -0.3 is 14.4 Å². The van der Waals surface area contributed by atoms with E-state index in [2.05, 4.69) is 63.2 Å². The molecule has 0 amide bonds. The quantitative estimate of drug-likeness (QED) is 0.821. The molecule has 3 heteroatoms. The van der Waals surface area contributed by atoms with Gasteiger partial charge in [-0.1, -0.05) is 30.3 Å². The molecular weight excluding hydrogens is 274 g/mol. The summed E-state index contributed by atoms with van der Waals surface area (Å²) in [6.45, 7) is 4.31. The molecule has 0 aliphatic heterocycles. The highest BCUT2D eigenvalue weighted by atomic mass is 16.5. The average Bonchev–Trinajstić information content (AvgIpc) is 2.53. The minimum absolute atomic E-state index is 0.312. The van der Waals surface area contributed by atoms with Crippen LogP contribution in [0.5, 0.6) is 11.5 Å². The third-order valence-electron chi connectivity index (χ3n) is 4.21. The van der Waals surface area contributed by atoms with Crippen LogP contribution in [0.15, 0.2) is 36.4 Å². The number of nitrogens with zero attached hydrogens (tertiary/aromatic N) is 1. The molecule has 0 aliphatic rings. The second-order valence-corrected chi connectivity index (χ2v) is 5.72. The van der Waals surface area contributed by atoms with Crippen molar-refractivity contribution in [2.24, 2.45) is 0 Å². The molecule has 3 nitrogen and oxygen atoms in total. The van der Waals surface area contributed by atoms with E-state index in [0.717, 1.165) is 17.1 Å². The average molecular weight is 299 g/mol. The Morgan fingerprint density at radius 2 is 1.64 bits per heavy atom. The lowest BCUT2D eigenvalue weighted by Crippen LogP contribution is -2.17. The predicted octanol–water partition coefficient (Wildman–Crippen LogP) is 4.30. The Kier molecular flexibility index (Phi) is 5.09. The fourth-order valence-electron chi connectivity index (χ4n) is 2.73. The van der Waals surface area contributed by atoms with Crippen molar-refractivity contribution in [2.75, 3.05) is 28.3 Å². The van der Waals surface area contributed by atoms with Gasteiger partial charge in [-0.2, -0.15) is 0 Å². The SMILES string of the molecule is COc1ccc(C)c(-c2ccccc2C(C)N(C)C)c1OC. The molecule has 0 saturated carbocycles. The normalized spacial score (nSPS) is 12.3. The number of methoxy groups -OCH3 is 2. The van der Waals surface area contributed by atoms with Crippen LogP contribution >= 0.6 is 0 Å². The van der Waals surface area contributed by atoms with Crippen molar-refractivity contribution in [2.45, 2.75) is 19.9 Å². The van der Waals surface area contributed by atoms with Crippen LogP contribution in [0.2, 0.25) is 0 Å². The molecule has 2 rings (SSSR count). The van der Waals surface area contributed by atoms with Crippen molar-refractivity contribution < 1.29 is 9.47 Å². The summed E-state index contributed by atoms with van der Waals surface area (Å²) in [7, 11) is 7.55. The van der Waals surface area contributed by atoms with E-state index < -0.39 is 0 Å². The molecule has 1 unspecified atom stereocenters. The molecule has 0 N–H and O–H groups in total. The molecule has 0 heterocycles. The fourth-order valence-corrected chi connectivity index (χ4v) is 2.73. The van der Waals surface area contributed by atoms with E-state index in [4.69, 9.17) is 9.47 Å². The van der Waals surface area contributed by atoms with Gasteiger partial charge in [0.1, 0.15) is 0 Å². The molecule has 1 atom stereocenters. The first-order valence-corrected chi connectivity index (χ1v) is 7.48. The monoisotopic (exact) mass is 299 g/mol. The maximum Gasteiger partial charge on any atom is 0.168 e.